The fourth-order valence-electron chi connectivity index (χ4n) is 3.66. The van der Waals surface area contributed by atoms with Gasteiger partial charge in [-0.15, -0.1) is 5.10 Å². The summed E-state index contributed by atoms with van der Waals surface area (Å²) in [5.74, 6) is 0.196. The number of hydrogen-bond donors (Lipinski definition) is 1. The molecule has 0 unspecified atom stereocenters. The van der Waals surface area contributed by atoms with Crippen molar-refractivity contribution in [3.05, 3.63) is 78.4 Å². The Hall–Kier alpha value is -4.40. The van der Waals surface area contributed by atoms with Crippen LogP contribution in [0, 0.1) is 0 Å². The van der Waals surface area contributed by atoms with E-state index in [2.05, 4.69) is 15.6 Å². The Balaban J connectivity index is 1.50. The summed E-state index contributed by atoms with van der Waals surface area (Å²) >= 11 is 0. The summed E-state index contributed by atoms with van der Waals surface area (Å²) in [6.07, 6.45) is 0. The van der Waals surface area contributed by atoms with Crippen LogP contribution in [-0.2, 0) is 22.7 Å². The quantitative estimate of drug-likeness (QED) is 0.402. The topological polar surface area (TPSA) is 92.6 Å². The van der Waals surface area contributed by atoms with Gasteiger partial charge < -0.3 is 19.9 Å². The molecule has 0 bridgehead atoms. The fourth-order valence-corrected chi connectivity index (χ4v) is 3.66. The number of carbonyl (C=O) groups is 2. The van der Waals surface area contributed by atoms with Crippen LogP contribution in [0.2, 0.25) is 0 Å². The first-order valence-electron chi connectivity index (χ1n) is 11.2. The van der Waals surface area contributed by atoms with Gasteiger partial charge in [0, 0.05) is 32.0 Å². The maximum atomic E-state index is 13.3. The third-order valence-corrected chi connectivity index (χ3v) is 5.59. The number of nitrogens with one attached hydrogen (secondary N) is 1. The van der Waals surface area contributed by atoms with Gasteiger partial charge in [-0.2, -0.15) is 0 Å². The van der Waals surface area contributed by atoms with Crippen LogP contribution < -0.4 is 15.0 Å². The van der Waals surface area contributed by atoms with Crippen LogP contribution in [0.5, 0.6) is 5.75 Å². The van der Waals surface area contributed by atoms with Crippen LogP contribution in [0.4, 0.5) is 11.4 Å². The minimum absolute atomic E-state index is 0.0263. The summed E-state index contributed by atoms with van der Waals surface area (Å²) in [6, 6.07) is 22.4. The van der Waals surface area contributed by atoms with Crippen molar-refractivity contribution < 1.29 is 14.3 Å². The van der Waals surface area contributed by atoms with Gasteiger partial charge in [-0.25, -0.2) is 4.68 Å². The number of para-hydroxylation sites is 1. The van der Waals surface area contributed by atoms with Crippen LogP contribution in [0.25, 0.3) is 11.0 Å². The van der Waals surface area contributed by atoms with Crippen LogP contribution in [0.3, 0.4) is 0 Å². The van der Waals surface area contributed by atoms with Crippen molar-refractivity contribution in [3.63, 3.8) is 0 Å². The molecule has 9 heteroatoms. The molecule has 0 spiro atoms. The normalized spacial score (nSPS) is 10.7. The first-order chi connectivity index (χ1) is 16.9. The number of nitrogens with zero attached hydrogens (tertiary/aromatic N) is 5. The van der Waals surface area contributed by atoms with E-state index in [1.54, 1.807) is 11.8 Å². The van der Waals surface area contributed by atoms with Crippen molar-refractivity contribution >= 4 is 34.2 Å². The number of ether oxygens (including phenoxy) is 1. The van der Waals surface area contributed by atoms with Gasteiger partial charge in [0.15, 0.2) is 0 Å². The van der Waals surface area contributed by atoms with Gasteiger partial charge in [0.1, 0.15) is 24.4 Å². The first kappa shape index (κ1) is 23.7. The maximum absolute atomic E-state index is 13.3. The highest BCUT2D eigenvalue weighted by Gasteiger charge is 2.20. The second-order valence-corrected chi connectivity index (χ2v) is 8.32. The fraction of sp³-hybridized carbons (Fsp3) is 0.231. The van der Waals surface area contributed by atoms with E-state index >= 15 is 0 Å². The predicted octanol–water partition coefficient (Wildman–Crippen LogP) is 3.17. The van der Waals surface area contributed by atoms with E-state index in [-0.39, 0.29) is 31.4 Å². The molecule has 0 aliphatic carbocycles. The number of aromatic nitrogens is 3. The van der Waals surface area contributed by atoms with Gasteiger partial charge >= 0.3 is 0 Å². The first-order valence-corrected chi connectivity index (χ1v) is 11.2. The molecule has 4 aromatic rings. The SMILES string of the molecule is COc1ccc(CN(CC(=O)Nc2ccc(N(C)C)cc2)C(=O)Cn2nnc3ccccc32)cc1. The smallest absolute Gasteiger partial charge is 0.245 e. The molecule has 0 aliphatic heterocycles. The lowest BCUT2D eigenvalue weighted by atomic mass is 10.2. The minimum atomic E-state index is -0.284. The molecule has 35 heavy (non-hydrogen) atoms. The molecule has 1 heterocycles. The van der Waals surface area contributed by atoms with Crippen LogP contribution in [0.1, 0.15) is 5.56 Å². The zero-order valence-electron chi connectivity index (χ0n) is 20.0. The van der Waals surface area contributed by atoms with E-state index in [1.165, 1.54) is 4.90 Å². The molecule has 1 aromatic heterocycles. The molecular formula is C26H28N6O3. The summed E-state index contributed by atoms with van der Waals surface area (Å²) < 4.78 is 6.77. The number of benzene rings is 3. The Morgan fingerprint density at radius 2 is 1.69 bits per heavy atom. The molecule has 0 radical (unpaired) electrons. The third-order valence-electron chi connectivity index (χ3n) is 5.59. The zero-order chi connectivity index (χ0) is 24.8. The van der Waals surface area contributed by atoms with E-state index in [0.29, 0.717) is 11.2 Å². The van der Waals surface area contributed by atoms with E-state index in [4.69, 9.17) is 4.74 Å². The molecule has 0 aliphatic rings. The minimum Gasteiger partial charge on any atom is -0.497 e. The molecule has 180 valence electrons. The van der Waals surface area contributed by atoms with Crippen molar-refractivity contribution in [1.29, 1.82) is 0 Å². The third kappa shape index (κ3) is 5.94. The molecule has 2 amide bonds. The molecule has 0 saturated carbocycles. The zero-order valence-corrected chi connectivity index (χ0v) is 20.0. The number of anilines is 2. The van der Waals surface area contributed by atoms with Gasteiger partial charge in [0.2, 0.25) is 11.8 Å². The van der Waals surface area contributed by atoms with E-state index < -0.39 is 0 Å². The Morgan fingerprint density at radius 3 is 2.37 bits per heavy atom. The van der Waals surface area contributed by atoms with Gasteiger partial charge in [-0.1, -0.05) is 29.5 Å². The van der Waals surface area contributed by atoms with Gasteiger partial charge in [0.05, 0.1) is 12.6 Å². The number of methoxy groups -OCH3 is 1. The lowest BCUT2D eigenvalue weighted by molar-refractivity contribution is -0.136. The van der Waals surface area contributed by atoms with Crippen molar-refractivity contribution in [1.82, 2.24) is 19.9 Å². The number of hydrogen-bond acceptors (Lipinski definition) is 6. The Morgan fingerprint density at radius 1 is 0.971 bits per heavy atom. The van der Waals surface area contributed by atoms with Crippen LogP contribution in [-0.4, -0.2) is 59.5 Å². The van der Waals surface area contributed by atoms with Crippen molar-refractivity contribution in [2.24, 2.45) is 0 Å². The molecule has 1 N–H and O–H groups in total. The van der Waals surface area contributed by atoms with E-state index in [1.807, 2.05) is 91.8 Å². The number of fused-ring (bicyclic) bond motifs is 1. The Kier molecular flexibility index (Phi) is 7.25. The molecule has 0 saturated heterocycles. The van der Waals surface area contributed by atoms with Crippen molar-refractivity contribution in [2.45, 2.75) is 13.1 Å². The summed E-state index contributed by atoms with van der Waals surface area (Å²) in [6.45, 7) is 0.136. The summed E-state index contributed by atoms with van der Waals surface area (Å²) in [5.41, 5.74) is 4.04. The lowest BCUT2D eigenvalue weighted by Crippen LogP contribution is -2.39. The number of rotatable bonds is 9. The van der Waals surface area contributed by atoms with Gasteiger partial charge in [0.25, 0.3) is 0 Å². The number of carbonyl (C=O) groups excluding carboxylic acids is 2. The summed E-state index contributed by atoms with van der Waals surface area (Å²) in [5, 5.41) is 11.1. The monoisotopic (exact) mass is 472 g/mol. The molecule has 3 aromatic carbocycles. The van der Waals surface area contributed by atoms with Crippen molar-refractivity contribution in [2.75, 3.05) is 38.0 Å². The molecular weight excluding hydrogens is 444 g/mol. The molecule has 9 nitrogen and oxygen atoms in total. The average Bonchev–Trinajstić information content (AvgIpc) is 3.27. The predicted molar refractivity (Wildman–Crippen MR) is 135 cm³/mol. The maximum Gasteiger partial charge on any atom is 0.245 e. The highest BCUT2D eigenvalue weighted by molar-refractivity contribution is 5.94. The second-order valence-electron chi connectivity index (χ2n) is 8.32. The molecule has 4 rings (SSSR count). The standard InChI is InChI=1S/C26H28N6O3/c1-30(2)21-12-10-20(11-13-21)27-25(33)17-31(16-19-8-14-22(35-3)15-9-19)26(34)18-32-24-7-5-4-6-23(24)28-29-32/h4-15H,16-18H2,1-3H3,(H,27,33). The molecule has 0 atom stereocenters. The highest BCUT2D eigenvalue weighted by Crippen LogP contribution is 2.17. The van der Waals surface area contributed by atoms with Crippen LogP contribution >= 0.6 is 0 Å². The lowest BCUT2D eigenvalue weighted by Gasteiger charge is -2.23. The second kappa shape index (κ2) is 10.7. The van der Waals surface area contributed by atoms with Gasteiger partial charge in [-0.05, 0) is 54.1 Å². The largest absolute Gasteiger partial charge is 0.497 e. The van der Waals surface area contributed by atoms with E-state index in [9.17, 15) is 9.59 Å². The summed E-state index contributed by atoms with van der Waals surface area (Å²) in [7, 11) is 5.51. The Bertz CT molecular complexity index is 1300. The Labute approximate surface area is 203 Å². The average molecular weight is 473 g/mol. The van der Waals surface area contributed by atoms with Gasteiger partial charge in [-0.3, -0.25) is 9.59 Å². The van der Waals surface area contributed by atoms with E-state index in [0.717, 1.165) is 22.5 Å². The highest BCUT2D eigenvalue weighted by atomic mass is 16.5. The number of amides is 2. The summed E-state index contributed by atoms with van der Waals surface area (Å²) in [4.78, 5) is 29.7. The van der Waals surface area contributed by atoms with Crippen molar-refractivity contribution in [3.8, 4) is 5.75 Å². The van der Waals surface area contributed by atoms with Crippen LogP contribution in [0.15, 0.2) is 72.8 Å². The molecule has 0 fully saturated rings.